The van der Waals surface area contributed by atoms with Gasteiger partial charge in [-0.2, -0.15) is 0 Å². The van der Waals surface area contributed by atoms with Crippen molar-refractivity contribution in [1.29, 1.82) is 0 Å². The fourth-order valence-corrected chi connectivity index (χ4v) is 3.51. The lowest BCUT2D eigenvalue weighted by atomic mass is 10.1. The second kappa shape index (κ2) is 6.56. The summed E-state index contributed by atoms with van der Waals surface area (Å²) in [5.41, 5.74) is 1.40. The van der Waals surface area contributed by atoms with Crippen LogP contribution >= 0.6 is 22.9 Å². The van der Waals surface area contributed by atoms with Crippen LogP contribution in [0.1, 0.15) is 15.4 Å². The Morgan fingerprint density at radius 1 is 1.30 bits per heavy atom. The Hall–Kier alpha value is -2.11. The van der Waals surface area contributed by atoms with Crippen LogP contribution in [-0.2, 0) is 6.54 Å². The number of nitrogens with zero attached hydrogens (tertiary/aromatic N) is 2. The molecule has 0 atom stereocenters. The number of aromatic nitrogens is 1. The summed E-state index contributed by atoms with van der Waals surface area (Å²) in [6.45, 7) is 0.438. The number of para-hydroxylation sites is 1. The monoisotopic (exact) mass is 346 g/mol. The summed E-state index contributed by atoms with van der Waals surface area (Å²) in [4.78, 5) is 18.8. The van der Waals surface area contributed by atoms with E-state index in [4.69, 9.17) is 16.3 Å². The SMILES string of the molecule is COc1ccc(Cl)cc1C(=O)N(C)Cc1nc2ccccc2s1. The number of fused-ring (bicyclic) bond motifs is 1. The molecule has 0 aliphatic carbocycles. The van der Waals surface area contributed by atoms with E-state index in [9.17, 15) is 4.79 Å². The van der Waals surface area contributed by atoms with Crippen molar-refractivity contribution < 1.29 is 9.53 Å². The number of halogens is 1. The number of benzene rings is 2. The summed E-state index contributed by atoms with van der Waals surface area (Å²) in [6.07, 6.45) is 0. The highest BCUT2D eigenvalue weighted by Crippen LogP contribution is 2.26. The van der Waals surface area contributed by atoms with Crippen LogP contribution in [0.25, 0.3) is 10.2 Å². The maximum absolute atomic E-state index is 12.7. The molecular formula is C17H15ClN2O2S. The summed E-state index contributed by atoms with van der Waals surface area (Å²) >= 11 is 7.59. The summed E-state index contributed by atoms with van der Waals surface area (Å²) in [5, 5.41) is 1.39. The minimum Gasteiger partial charge on any atom is -0.496 e. The van der Waals surface area contributed by atoms with Crippen LogP contribution in [0.4, 0.5) is 0 Å². The van der Waals surface area contributed by atoms with Crippen molar-refractivity contribution in [2.45, 2.75) is 6.54 Å². The quantitative estimate of drug-likeness (QED) is 0.710. The minimum atomic E-state index is -0.149. The second-order valence-electron chi connectivity index (χ2n) is 5.08. The van der Waals surface area contributed by atoms with Crippen molar-refractivity contribution in [1.82, 2.24) is 9.88 Å². The number of hydrogen-bond acceptors (Lipinski definition) is 4. The van der Waals surface area contributed by atoms with Gasteiger partial charge in [-0.15, -0.1) is 11.3 Å². The number of amides is 1. The van der Waals surface area contributed by atoms with Gasteiger partial charge in [0, 0.05) is 12.1 Å². The largest absolute Gasteiger partial charge is 0.496 e. The van der Waals surface area contributed by atoms with Gasteiger partial charge in [-0.1, -0.05) is 23.7 Å². The zero-order valence-electron chi connectivity index (χ0n) is 12.7. The van der Waals surface area contributed by atoms with Crippen molar-refractivity contribution >= 4 is 39.1 Å². The number of ether oxygens (including phenoxy) is 1. The first kappa shape index (κ1) is 15.8. The molecule has 1 amide bonds. The minimum absolute atomic E-state index is 0.149. The van der Waals surface area contributed by atoms with Crippen LogP contribution in [0, 0.1) is 0 Å². The van der Waals surface area contributed by atoms with Crippen LogP contribution < -0.4 is 4.74 Å². The van der Waals surface area contributed by atoms with Crippen LogP contribution in [-0.4, -0.2) is 29.9 Å². The van der Waals surface area contributed by atoms with Crippen molar-refractivity contribution in [2.75, 3.05) is 14.2 Å². The number of hydrogen-bond donors (Lipinski definition) is 0. The van der Waals surface area contributed by atoms with E-state index in [2.05, 4.69) is 4.98 Å². The molecule has 0 radical (unpaired) electrons. The lowest BCUT2D eigenvalue weighted by Gasteiger charge is -2.17. The zero-order chi connectivity index (χ0) is 16.4. The van der Waals surface area contributed by atoms with Crippen molar-refractivity contribution in [3.63, 3.8) is 0 Å². The highest BCUT2D eigenvalue weighted by molar-refractivity contribution is 7.18. The topological polar surface area (TPSA) is 42.4 Å². The lowest BCUT2D eigenvalue weighted by molar-refractivity contribution is 0.0781. The summed E-state index contributed by atoms with van der Waals surface area (Å²) < 4.78 is 6.37. The molecule has 0 unspecified atom stereocenters. The first-order chi connectivity index (χ1) is 11.1. The highest BCUT2D eigenvalue weighted by Gasteiger charge is 2.18. The van der Waals surface area contributed by atoms with Gasteiger partial charge in [0.05, 0.1) is 29.4 Å². The van der Waals surface area contributed by atoms with Gasteiger partial charge in [0.1, 0.15) is 10.8 Å². The predicted octanol–water partition coefficient (Wildman–Crippen LogP) is 4.23. The van der Waals surface area contributed by atoms with E-state index in [0.717, 1.165) is 15.2 Å². The molecule has 3 aromatic rings. The molecule has 0 aliphatic rings. The maximum atomic E-state index is 12.7. The molecule has 0 fully saturated rings. The van der Waals surface area contributed by atoms with Crippen molar-refractivity contribution in [3.05, 3.63) is 58.1 Å². The molecule has 0 aliphatic heterocycles. The molecule has 0 N–H and O–H groups in total. The third-order valence-electron chi connectivity index (χ3n) is 3.45. The molecule has 4 nitrogen and oxygen atoms in total. The van der Waals surface area contributed by atoms with Gasteiger partial charge in [0.25, 0.3) is 5.91 Å². The average Bonchev–Trinajstić information content (AvgIpc) is 2.96. The van der Waals surface area contributed by atoms with Gasteiger partial charge in [-0.3, -0.25) is 4.79 Å². The van der Waals surface area contributed by atoms with Gasteiger partial charge in [0.15, 0.2) is 0 Å². The fourth-order valence-electron chi connectivity index (χ4n) is 2.32. The van der Waals surface area contributed by atoms with E-state index < -0.39 is 0 Å². The Morgan fingerprint density at radius 2 is 2.09 bits per heavy atom. The summed E-state index contributed by atoms with van der Waals surface area (Å²) in [7, 11) is 3.28. The molecule has 1 aromatic heterocycles. The van der Waals surface area contributed by atoms with Gasteiger partial charge in [0.2, 0.25) is 0 Å². The number of carbonyl (C=O) groups excluding carboxylic acids is 1. The number of carbonyl (C=O) groups is 1. The average molecular weight is 347 g/mol. The normalized spacial score (nSPS) is 10.7. The molecule has 6 heteroatoms. The zero-order valence-corrected chi connectivity index (χ0v) is 14.3. The third kappa shape index (κ3) is 3.30. The van der Waals surface area contributed by atoms with Gasteiger partial charge in [-0.05, 0) is 30.3 Å². The first-order valence-corrected chi connectivity index (χ1v) is 8.21. The smallest absolute Gasteiger partial charge is 0.257 e. The first-order valence-electron chi connectivity index (χ1n) is 7.02. The molecule has 0 saturated heterocycles. The Balaban J connectivity index is 1.83. The van der Waals surface area contributed by atoms with Crippen LogP contribution in [0.15, 0.2) is 42.5 Å². The maximum Gasteiger partial charge on any atom is 0.257 e. The van der Waals surface area contributed by atoms with Gasteiger partial charge >= 0.3 is 0 Å². The molecule has 3 rings (SSSR count). The van der Waals surface area contributed by atoms with Crippen molar-refractivity contribution in [3.8, 4) is 5.75 Å². The van der Waals surface area contributed by atoms with Crippen LogP contribution in [0.3, 0.4) is 0 Å². The number of methoxy groups -OCH3 is 1. The molecule has 23 heavy (non-hydrogen) atoms. The van der Waals surface area contributed by atoms with Crippen LogP contribution in [0.2, 0.25) is 5.02 Å². The van der Waals surface area contributed by atoms with E-state index in [1.54, 1.807) is 41.5 Å². The molecule has 0 saturated carbocycles. The van der Waals surface area contributed by atoms with E-state index in [0.29, 0.717) is 22.9 Å². The van der Waals surface area contributed by atoms with E-state index in [1.807, 2.05) is 24.3 Å². The van der Waals surface area contributed by atoms with Crippen LogP contribution in [0.5, 0.6) is 5.75 Å². The number of rotatable bonds is 4. The molecule has 1 heterocycles. The van der Waals surface area contributed by atoms with E-state index >= 15 is 0 Å². The highest BCUT2D eigenvalue weighted by atomic mass is 35.5. The van der Waals surface area contributed by atoms with Gasteiger partial charge < -0.3 is 9.64 Å². The summed E-state index contributed by atoms with van der Waals surface area (Å²) in [5.74, 6) is 0.360. The molecule has 118 valence electrons. The third-order valence-corrected chi connectivity index (χ3v) is 4.71. The van der Waals surface area contributed by atoms with Crippen molar-refractivity contribution in [2.24, 2.45) is 0 Å². The molecule has 0 spiro atoms. The Bertz CT molecular complexity index is 830. The standard InChI is InChI=1S/C17H15ClN2O2S/c1-20(10-16-19-13-5-3-4-6-15(13)23-16)17(21)12-9-11(18)7-8-14(12)22-2/h3-9H,10H2,1-2H3. The number of thiazole rings is 1. The molecular weight excluding hydrogens is 332 g/mol. The predicted molar refractivity (Wildman–Crippen MR) is 93.4 cm³/mol. The Kier molecular flexibility index (Phi) is 4.50. The second-order valence-corrected chi connectivity index (χ2v) is 6.63. The molecule has 2 aromatic carbocycles. The fraction of sp³-hybridized carbons (Fsp3) is 0.176. The lowest BCUT2D eigenvalue weighted by Crippen LogP contribution is -2.26. The summed E-state index contributed by atoms with van der Waals surface area (Å²) in [6, 6.07) is 13.0. The van der Waals surface area contributed by atoms with E-state index in [1.165, 1.54) is 7.11 Å². The molecule has 0 bridgehead atoms. The Labute approximate surface area is 143 Å². The Morgan fingerprint density at radius 3 is 2.83 bits per heavy atom. The van der Waals surface area contributed by atoms with E-state index in [-0.39, 0.29) is 5.91 Å². The van der Waals surface area contributed by atoms with Gasteiger partial charge in [-0.25, -0.2) is 4.98 Å².